The molecular weight excluding hydrogens is 322 g/mol. The molecule has 23 heavy (non-hydrogen) atoms. The Hall–Kier alpha value is -1.93. The van der Waals surface area contributed by atoms with Gasteiger partial charge in [0.15, 0.2) is 0 Å². The lowest BCUT2D eigenvalue weighted by molar-refractivity contribution is -0.142. The molecule has 1 heterocycles. The number of carbonyl (C=O) groups excluding carboxylic acids is 1. The first kappa shape index (κ1) is 17.4. The van der Waals surface area contributed by atoms with E-state index in [1.807, 2.05) is 0 Å². The van der Waals surface area contributed by atoms with E-state index in [1.165, 1.54) is 23.5 Å². The summed E-state index contributed by atoms with van der Waals surface area (Å²) < 4.78 is 31.4. The molecule has 2 rings (SSSR count). The Bertz CT molecular complexity index is 719. The zero-order valence-corrected chi connectivity index (χ0v) is 13.8. The normalized spacial score (nSPS) is 17.0. The Labute approximate surface area is 134 Å². The molecule has 1 aliphatic rings. The van der Waals surface area contributed by atoms with Gasteiger partial charge in [-0.3, -0.25) is 4.79 Å². The standard InChI is InChI=1S/C15H19NO6S/c1-10-3-4-12(15(19)22-2)9-13(10)23(20,21)16-7-5-11(6-8-16)14(17)18/h3-4,9,11H,5-8H2,1-2H3,(H,17,18). The van der Waals surface area contributed by atoms with Crippen molar-refractivity contribution in [3.05, 3.63) is 29.3 Å². The summed E-state index contributed by atoms with van der Waals surface area (Å²) in [6.07, 6.45) is 0.564. The predicted molar refractivity (Wildman–Crippen MR) is 81.6 cm³/mol. The number of esters is 1. The van der Waals surface area contributed by atoms with Gasteiger partial charge in [-0.25, -0.2) is 13.2 Å². The smallest absolute Gasteiger partial charge is 0.337 e. The molecule has 0 aromatic heterocycles. The number of rotatable bonds is 4. The van der Waals surface area contributed by atoms with Gasteiger partial charge in [0.25, 0.3) is 0 Å². The number of piperidine rings is 1. The zero-order chi connectivity index (χ0) is 17.2. The fourth-order valence-corrected chi connectivity index (χ4v) is 4.33. The summed E-state index contributed by atoms with van der Waals surface area (Å²) in [5.41, 5.74) is 0.690. The van der Waals surface area contributed by atoms with E-state index < -0.39 is 27.9 Å². The Morgan fingerprint density at radius 1 is 1.26 bits per heavy atom. The summed E-state index contributed by atoms with van der Waals surface area (Å²) in [4.78, 5) is 22.6. The molecule has 126 valence electrons. The van der Waals surface area contributed by atoms with Crippen molar-refractivity contribution >= 4 is 22.0 Å². The first-order chi connectivity index (χ1) is 10.8. The molecule has 8 heteroatoms. The number of hydrogen-bond donors (Lipinski definition) is 1. The highest BCUT2D eigenvalue weighted by Crippen LogP contribution is 2.26. The molecule has 0 unspecified atom stereocenters. The number of carbonyl (C=O) groups is 2. The van der Waals surface area contributed by atoms with Crippen molar-refractivity contribution < 1.29 is 27.9 Å². The second kappa shape index (κ2) is 6.67. The number of carboxylic acid groups (broad SMARTS) is 1. The summed E-state index contributed by atoms with van der Waals surface area (Å²) in [5.74, 6) is -2.01. The molecule has 1 saturated heterocycles. The van der Waals surface area contributed by atoms with Crippen LogP contribution in [0.5, 0.6) is 0 Å². The molecular formula is C15H19NO6S. The third-order valence-electron chi connectivity index (χ3n) is 4.03. The van der Waals surface area contributed by atoms with Gasteiger partial charge in [-0.1, -0.05) is 6.07 Å². The van der Waals surface area contributed by atoms with Crippen molar-refractivity contribution in [1.29, 1.82) is 0 Å². The summed E-state index contributed by atoms with van der Waals surface area (Å²) >= 11 is 0. The van der Waals surface area contributed by atoms with Crippen LogP contribution in [0.4, 0.5) is 0 Å². The maximum Gasteiger partial charge on any atom is 0.337 e. The lowest BCUT2D eigenvalue weighted by atomic mass is 9.99. The molecule has 0 bridgehead atoms. The van der Waals surface area contributed by atoms with Crippen LogP contribution in [0.1, 0.15) is 28.8 Å². The summed E-state index contributed by atoms with van der Waals surface area (Å²) in [6.45, 7) is 1.96. The molecule has 0 radical (unpaired) electrons. The van der Waals surface area contributed by atoms with Gasteiger partial charge in [0.1, 0.15) is 0 Å². The van der Waals surface area contributed by atoms with Crippen LogP contribution in [0, 0.1) is 12.8 Å². The first-order valence-electron chi connectivity index (χ1n) is 7.19. The first-order valence-corrected chi connectivity index (χ1v) is 8.63. The van der Waals surface area contributed by atoms with Gasteiger partial charge in [0.2, 0.25) is 10.0 Å². The van der Waals surface area contributed by atoms with Crippen LogP contribution in [0.15, 0.2) is 23.1 Å². The van der Waals surface area contributed by atoms with E-state index in [0.717, 1.165) is 0 Å². The van der Waals surface area contributed by atoms with Crippen LogP contribution in [0.25, 0.3) is 0 Å². The molecule has 1 fully saturated rings. The molecule has 1 aliphatic heterocycles. The molecule has 0 aliphatic carbocycles. The van der Waals surface area contributed by atoms with Gasteiger partial charge in [-0.2, -0.15) is 4.31 Å². The maximum atomic E-state index is 12.8. The average molecular weight is 341 g/mol. The highest BCUT2D eigenvalue weighted by molar-refractivity contribution is 7.89. The number of ether oxygens (including phenoxy) is 1. The van der Waals surface area contributed by atoms with E-state index in [2.05, 4.69) is 4.74 Å². The Kier molecular flexibility index (Phi) is 5.06. The number of carboxylic acids is 1. The third kappa shape index (κ3) is 3.53. The predicted octanol–water partition coefficient (Wildman–Crippen LogP) is 1.27. The van der Waals surface area contributed by atoms with E-state index in [-0.39, 0.29) is 36.4 Å². The lowest BCUT2D eigenvalue weighted by Crippen LogP contribution is -2.40. The monoisotopic (exact) mass is 341 g/mol. The van der Waals surface area contributed by atoms with Gasteiger partial charge in [-0.15, -0.1) is 0 Å². The minimum atomic E-state index is -3.77. The van der Waals surface area contributed by atoms with E-state index >= 15 is 0 Å². The molecule has 1 aromatic carbocycles. The number of aliphatic carboxylic acids is 1. The highest BCUT2D eigenvalue weighted by atomic mass is 32.2. The topological polar surface area (TPSA) is 101 Å². The molecule has 0 atom stereocenters. The molecule has 0 saturated carbocycles. The average Bonchev–Trinajstić information content (AvgIpc) is 2.54. The SMILES string of the molecule is COC(=O)c1ccc(C)c(S(=O)(=O)N2CCC(C(=O)O)CC2)c1. The molecule has 0 amide bonds. The van der Waals surface area contributed by atoms with Crippen LogP contribution in [0.3, 0.4) is 0 Å². The van der Waals surface area contributed by atoms with Crippen molar-refractivity contribution in [3.63, 3.8) is 0 Å². The van der Waals surface area contributed by atoms with E-state index in [1.54, 1.807) is 13.0 Å². The zero-order valence-electron chi connectivity index (χ0n) is 13.0. The quantitative estimate of drug-likeness (QED) is 0.828. The molecule has 7 nitrogen and oxygen atoms in total. The number of nitrogens with zero attached hydrogens (tertiary/aromatic N) is 1. The number of methoxy groups -OCH3 is 1. The van der Waals surface area contributed by atoms with E-state index in [0.29, 0.717) is 5.56 Å². The minimum Gasteiger partial charge on any atom is -0.481 e. The number of hydrogen-bond acceptors (Lipinski definition) is 5. The van der Waals surface area contributed by atoms with Crippen molar-refractivity contribution in [1.82, 2.24) is 4.31 Å². The van der Waals surface area contributed by atoms with Gasteiger partial charge in [0.05, 0.1) is 23.5 Å². The highest BCUT2D eigenvalue weighted by Gasteiger charge is 2.33. The molecule has 1 aromatic rings. The van der Waals surface area contributed by atoms with E-state index in [4.69, 9.17) is 5.11 Å². The van der Waals surface area contributed by atoms with Crippen molar-refractivity contribution in [2.45, 2.75) is 24.7 Å². The van der Waals surface area contributed by atoms with Gasteiger partial charge < -0.3 is 9.84 Å². The minimum absolute atomic E-state index is 0.0502. The summed E-state index contributed by atoms with van der Waals surface area (Å²) in [6, 6.07) is 4.37. The van der Waals surface area contributed by atoms with Crippen molar-refractivity contribution in [3.8, 4) is 0 Å². The van der Waals surface area contributed by atoms with Crippen molar-refractivity contribution in [2.24, 2.45) is 5.92 Å². The maximum absolute atomic E-state index is 12.8. The summed E-state index contributed by atoms with van der Waals surface area (Å²) in [7, 11) is -2.54. The third-order valence-corrected chi connectivity index (χ3v) is 6.07. The largest absolute Gasteiger partial charge is 0.481 e. The van der Waals surface area contributed by atoms with E-state index in [9.17, 15) is 18.0 Å². The fourth-order valence-electron chi connectivity index (χ4n) is 2.61. The Morgan fingerprint density at radius 2 is 1.87 bits per heavy atom. The van der Waals surface area contributed by atoms with Crippen LogP contribution < -0.4 is 0 Å². The van der Waals surface area contributed by atoms with Crippen LogP contribution in [-0.2, 0) is 19.6 Å². The number of benzene rings is 1. The second-order valence-corrected chi connectivity index (χ2v) is 7.39. The van der Waals surface area contributed by atoms with Crippen molar-refractivity contribution in [2.75, 3.05) is 20.2 Å². The Balaban J connectivity index is 2.30. The second-order valence-electron chi connectivity index (χ2n) is 5.49. The molecule has 0 spiro atoms. The van der Waals surface area contributed by atoms with Gasteiger partial charge in [-0.05, 0) is 37.5 Å². The number of sulfonamides is 1. The Morgan fingerprint density at radius 3 is 2.39 bits per heavy atom. The number of aryl methyl sites for hydroxylation is 1. The molecule has 1 N–H and O–H groups in total. The summed E-state index contributed by atoms with van der Waals surface area (Å²) in [5, 5.41) is 8.99. The van der Waals surface area contributed by atoms with Crippen LogP contribution in [0.2, 0.25) is 0 Å². The van der Waals surface area contributed by atoms with Crippen LogP contribution in [-0.4, -0.2) is 50.0 Å². The van der Waals surface area contributed by atoms with Crippen LogP contribution >= 0.6 is 0 Å². The van der Waals surface area contributed by atoms with Gasteiger partial charge in [0, 0.05) is 13.1 Å². The fraction of sp³-hybridized carbons (Fsp3) is 0.467. The van der Waals surface area contributed by atoms with Gasteiger partial charge >= 0.3 is 11.9 Å². The lowest BCUT2D eigenvalue weighted by Gasteiger charge is -2.29.